The Balaban J connectivity index is 2.45. The topological polar surface area (TPSA) is 32.3 Å². The van der Waals surface area contributed by atoms with Crippen molar-refractivity contribution in [3.8, 4) is 0 Å². The van der Waals surface area contributed by atoms with Crippen LogP contribution in [0.4, 0.5) is 0 Å². The standard InChI is InChI=1S/C3H4NOS/c5-3-1-4-6-2-3/h1-2,4-5H. The lowest BCUT2D eigenvalue weighted by Gasteiger charge is -1.80. The minimum atomic E-state index is 0.306. The van der Waals surface area contributed by atoms with E-state index >= 15 is 0 Å². The molecule has 2 nitrogen and oxygen atoms in total. The molecule has 1 heterocycles. The molecule has 0 atom stereocenters. The quantitative estimate of drug-likeness (QED) is 0.444. The largest absolute Gasteiger partial charge is 0.510 e. The summed E-state index contributed by atoms with van der Waals surface area (Å²) in [5.74, 6) is 0.306. The molecule has 0 saturated carbocycles. The lowest BCUT2D eigenvalue weighted by Crippen LogP contribution is -1.89. The summed E-state index contributed by atoms with van der Waals surface area (Å²) < 4.78 is 2.72. The molecule has 2 N–H and O–H groups in total. The van der Waals surface area contributed by atoms with Crippen molar-refractivity contribution in [2.45, 2.75) is 0 Å². The molecular weight excluding hydrogens is 98.1 g/mol. The average molecular weight is 102 g/mol. The van der Waals surface area contributed by atoms with E-state index in [0.29, 0.717) is 5.76 Å². The molecule has 0 fully saturated rings. The third-order valence-corrected chi connectivity index (χ3v) is 1.07. The number of hydrogen-bond acceptors (Lipinski definition) is 3. The van der Waals surface area contributed by atoms with Crippen LogP contribution in [0.25, 0.3) is 0 Å². The minimum absolute atomic E-state index is 0.306. The molecule has 0 unspecified atom stereocenters. The lowest BCUT2D eigenvalue weighted by atomic mass is 10.6. The summed E-state index contributed by atoms with van der Waals surface area (Å²) in [6.07, 6.45) is 0. The molecule has 0 aromatic rings. The summed E-state index contributed by atoms with van der Waals surface area (Å²) in [6.45, 7) is 1.53. The smallest absolute Gasteiger partial charge is 0.120 e. The fraction of sp³-hybridized carbons (Fsp3) is 0. The summed E-state index contributed by atoms with van der Waals surface area (Å²) in [5.41, 5.74) is 0. The first-order valence-electron chi connectivity index (χ1n) is 1.53. The van der Waals surface area contributed by atoms with Crippen molar-refractivity contribution in [1.82, 2.24) is 4.72 Å². The number of aliphatic hydroxyl groups is 1. The Kier molecular flexibility index (Phi) is 1.03. The van der Waals surface area contributed by atoms with Gasteiger partial charge < -0.3 is 5.11 Å². The maximum Gasteiger partial charge on any atom is 0.120 e. The normalized spacial score (nSPS) is 21.0. The van der Waals surface area contributed by atoms with E-state index < -0.39 is 0 Å². The molecule has 0 saturated heterocycles. The van der Waals surface area contributed by atoms with Crippen LogP contribution in [0.1, 0.15) is 0 Å². The van der Waals surface area contributed by atoms with E-state index in [1.165, 1.54) is 18.5 Å². The summed E-state index contributed by atoms with van der Waals surface area (Å²) >= 11 is 1.36. The Bertz CT molecular complexity index is 80.9. The van der Waals surface area contributed by atoms with Gasteiger partial charge in [-0.25, -0.2) is 4.72 Å². The molecule has 0 aliphatic carbocycles. The molecule has 1 rings (SSSR count). The first kappa shape index (κ1) is 4.02. The van der Waals surface area contributed by atoms with E-state index in [9.17, 15) is 0 Å². The van der Waals surface area contributed by atoms with E-state index in [1.807, 2.05) is 0 Å². The van der Waals surface area contributed by atoms with Gasteiger partial charge in [0.1, 0.15) is 5.76 Å². The molecule has 1 aliphatic heterocycles. The second-order valence-corrected chi connectivity index (χ2v) is 1.63. The van der Waals surface area contributed by atoms with Crippen molar-refractivity contribution >= 4 is 11.9 Å². The Morgan fingerprint density at radius 3 is 2.83 bits per heavy atom. The Hall–Kier alpha value is -0.150. The van der Waals surface area contributed by atoms with Gasteiger partial charge in [-0.3, -0.25) is 0 Å². The highest BCUT2D eigenvalue weighted by molar-refractivity contribution is 8.00. The van der Waals surface area contributed by atoms with Crippen molar-refractivity contribution in [2.24, 2.45) is 0 Å². The molecule has 1 radical (unpaired) electrons. The predicted octanol–water partition coefficient (Wildman–Crippen LogP) is 0.799. The van der Waals surface area contributed by atoms with E-state index in [1.54, 1.807) is 5.41 Å². The van der Waals surface area contributed by atoms with Gasteiger partial charge in [0.25, 0.3) is 0 Å². The number of aliphatic hydroxyl groups excluding tert-OH is 1. The van der Waals surface area contributed by atoms with Crippen molar-refractivity contribution in [2.75, 3.05) is 0 Å². The van der Waals surface area contributed by atoms with Crippen molar-refractivity contribution < 1.29 is 5.11 Å². The Labute approximate surface area is 40.4 Å². The van der Waals surface area contributed by atoms with Crippen LogP contribution in [-0.4, -0.2) is 5.11 Å². The van der Waals surface area contributed by atoms with Crippen molar-refractivity contribution in [3.63, 3.8) is 0 Å². The van der Waals surface area contributed by atoms with Gasteiger partial charge in [0, 0.05) is 5.41 Å². The second-order valence-electron chi connectivity index (χ2n) is 0.923. The van der Waals surface area contributed by atoms with Gasteiger partial charge >= 0.3 is 0 Å². The van der Waals surface area contributed by atoms with Crippen LogP contribution < -0.4 is 4.72 Å². The lowest BCUT2D eigenvalue weighted by molar-refractivity contribution is 0.422. The highest BCUT2D eigenvalue weighted by atomic mass is 32.2. The number of hydrogen-bond donors (Lipinski definition) is 2. The van der Waals surface area contributed by atoms with Gasteiger partial charge in [-0.1, -0.05) is 0 Å². The van der Waals surface area contributed by atoms with Crippen LogP contribution in [0.15, 0.2) is 11.2 Å². The van der Waals surface area contributed by atoms with Crippen LogP contribution in [0.3, 0.4) is 0 Å². The third-order valence-electron chi connectivity index (χ3n) is 0.455. The third kappa shape index (κ3) is 0.666. The van der Waals surface area contributed by atoms with Crippen LogP contribution in [0.5, 0.6) is 0 Å². The number of nitrogens with one attached hydrogen (secondary N) is 1. The van der Waals surface area contributed by atoms with E-state index in [2.05, 4.69) is 4.72 Å². The molecule has 0 spiro atoms. The Morgan fingerprint density at radius 1 is 1.83 bits per heavy atom. The summed E-state index contributed by atoms with van der Waals surface area (Å²) in [6, 6.07) is 0. The average Bonchev–Trinajstić information content (AvgIpc) is 1.86. The highest BCUT2D eigenvalue weighted by Gasteiger charge is 1.98. The fourth-order valence-electron chi connectivity index (χ4n) is 0.223. The van der Waals surface area contributed by atoms with Gasteiger partial charge in [-0.15, -0.1) is 0 Å². The van der Waals surface area contributed by atoms with Crippen LogP contribution in [-0.2, 0) is 0 Å². The SMILES string of the molecule is OC1=CSN[CH]1. The van der Waals surface area contributed by atoms with Crippen molar-refractivity contribution in [1.29, 1.82) is 0 Å². The molecule has 0 aromatic heterocycles. The summed E-state index contributed by atoms with van der Waals surface area (Å²) in [4.78, 5) is 0. The van der Waals surface area contributed by atoms with E-state index in [0.717, 1.165) is 0 Å². The van der Waals surface area contributed by atoms with Crippen LogP contribution in [0, 0.1) is 6.54 Å². The zero-order valence-electron chi connectivity index (χ0n) is 3.01. The zero-order valence-corrected chi connectivity index (χ0v) is 3.83. The van der Waals surface area contributed by atoms with Crippen LogP contribution >= 0.6 is 11.9 Å². The monoisotopic (exact) mass is 102 g/mol. The second kappa shape index (κ2) is 1.53. The molecule has 1 aliphatic rings. The van der Waals surface area contributed by atoms with Gasteiger partial charge in [-0.05, 0) is 11.9 Å². The first-order valence-corrected chi connectivity index (χ1v) is 2.41. The molecule has 0 bridgehead atoms. The van der Waals surface area contributed by atoms with E-state index in [4.69, 9.17) is 5.11 Å². The predicted molar refractivity (Wildman–Crippen MR) is 25.7 cm³/mol. The molecule has 0 amide bonds. The van der Waals surface area contributed by atoms with Gasteiger partial charge in [-0.2, -0.15) is 0 Å². The highest BCUT2D eigenvalue weighted by Crippen LogP contribution is 2.10. The minimum Gasteiger partial charge on any atom is -0.510 e. The van der Waals surface area contributed by atoms with Gasteiger partial charge in [0.05, 0.1) is 6.54 Å². The van der Waals surface area contributed by atoms with Crippen molar-refractivity contribution in [3.05, 3.63) is 17.7 Å². The number of rotatable bonds is 0. The maximum atomic E-state index is 8.45. The van der Waals surface area contributed by atoms with E-state index in [-0.39, 0.29) is 0 Å². The molecule has 33 valence electrons. The molecule has 3 heteroatoms. The zero-order chi connectivity index (χ0) is 4.41. The summed E-state index contributed by atoms with van der Waals surface area (Å²) in [5, 5.41) is 10.1. The fourth-order valence-corrected chi connectivity index (χ4v) is 0.668. The van der Waals surface area contributed by atoms with Gasteiger partial charge in [0.2, 0.25) is 0 Å². The Morgan fingerprint density at radius 2 is 2.67 bits per heavy atom. The first-order chi connectivity index (χ1) is 2.89. The maximum absolute atomic E-state index is 8.45. The summed E-state index contributed by atoms with van der Waals surface area (Å²) in [7, 11) is 0. The molecule has 6 heavy (non-hydrogen) atoms. The van der Waals surface area contributed by atoms with Gasteiger partial charge in [0.15, 0.2) is 0 Å². The molecule has 0 aromatic carbocycles. The molecular formula is C3H4NOS. The van der Waals surface area contributed by atoms with Crippen LogP contribution in [0.2, 0.25) is 0 Å².